The van der Waals surface area contributed by atoms with Crippen LogP contribution in [0.25, 0.3) is 0 Å². The summed E-state index contributed by atoms with van der Waals surface area (Å²) in [6.45, 7) is 6.91. The summed E-state index contributed by atoms with van der Waals surface area (Å²) in [5.74, 6) is 0.850. The molecule has 0 amide bonds. The molecule has 0 aromatic rings. The highest BCUT2D eigenvalue weighted by molar-refractivity contribution is 4.82. The monoisotopic (exact) mass is 141 g/mol. The number of ether oxygens (including phenoxy) is 1. The van der Waals surface area contributed by atoms with E-state index < -0.39 is 0 Å². The molecule has 0 aromatic carbocycles. The van der Waals surface area contributed by atoms with Gasteiger partial charge in [-0.1, -0.05) is 0 Å². The SMILES string of the molecule is C[C@H]1CCN1CC1COC1. The summed E-state index contributed by atoms with van der Waals surface area (Å²) >= 11 is 0. The first-order valence-corrected chi connectivity index (χ1v) is 4.18. The largest absolute Gasteiger partial charge is 0.381 e. The minimum absolute atomic E-state index is 0.848. The molecule has 0 spiro atoms. The molecule has 2 saturated heterocycles. The predicted octanol–water partition coefficient (Wildman–Crippen LogP) is 0.727. The molecular formula is C8H15NO. The molecule has 10 heavy (non-hydrogen) atoms. The lowest BCUT2D eigenvalue weighted by molar-refractivity contribution is -0.0627. The Morgan fingerprint density at radius 3 is 2.60 bits per heavy atom. The molecule has 0 aliphatic carbocycles. The summed E-state index contributed by atoms with van der Waals surface area (Å²) in [6, 6.07) is 0.848. The second-order valence-electron chi connectivity index (χ2n) is 3.54. The lowest BCUT2D eigenvalue weighted by Crippen LogP contribution is -2.50. The molecule has 2 aliphatic rings. The van der Waals surface area contributed by atoms with E-state index in [1.54, 1.807) is 0 Å². The third kappa shape index (κ3) is 1.06. The Bertz CT molecular complexity index is 122. The van der Waals surface area contributed by atoms with Crippen molar-refractivity contribution in [3.8, 4) is 0 Å². The Morgan fingerprint density at radius 2 is 2.30 bits per heavy atom. The van der Waals surface area contributed by atoms with Gasteiger partial charge >= 0.3 is 0 Å². The minimum Gasteiger partial charge on any atom is -0.381 e. The number of likely N-dealkylation sites (tertiary alicyclic amines) is 1. The van der Waals surface area contributed by atoms with Crippen LogP contribution in [0.2, 0.25) is 0 Å². The van der Waals surface area contributed by atoms with Crippen molar-refractivity contribution in [1.82, 2.24) is 4.90 Å². The van der Waals surface area contributed by atoms with Gasteiger partial charge in [-0.05, 0) is 19.9 Å². The van der Waals surface area contributed by atoms with Gasteiger partial charge in [-0.25, -0.2) is 0 Å². The van der Waals surface area contributed by atoms with Gasteiger partial charge in [-0.3, -0.25) is 0 Å². The number of nitrogens with zero attached hydrogens (tertiary/aromatic N) is 1. The van der Waals surface area contributed by atoms with Crippen LogP contribution in [0.1, 0.15) is 13.3 Å². The Balaban J connectivity index is 1.69. The van der Waals surface area contributed by atoms with Crippen LogP contribution in [0.5, 0.6) is 0 Å². The zero-order chi connectivity index (χ0) is 6.97. The fourth-order valence-corrected chi connectivity index (χ4v) is 1.56. The smallest absolute Gasteiger partial charge is 0.0528 e. The van der Waals surface area contributed by atoms with E-state index in [1.807, 2.05) is 0 Å². The number of hydrogen-bond acceptors (Lipinski definition) is 2. The number of rotatable bonds is 2. The van der Waals surface area contributed by atoms with E-state index >= 15 is 0 Å². The van der Waals surface area contributed by atoms with Crippen LogP contribution in [0.4, 0.5) is 0 Å². The highest BCUT2D eigenvalue weighted by Crippen LogP contribution is 2.20. The topological polar surface area (TPSA) is 12.5 Å². The van der Waals surface area contributed by atoms with Crippen molar-refractivity contribution in [1.29, 1.82) is 0 Å². The Morgan fingerprint density at radius 1 is 1.50 bits per heavy atom. The average molecular weight is 141 g/mol. The molecule has 0 saturated carbocycles. The van der Waals surface area contributed by atoms with Crippen LogP contribution >= 0.6 is 0 Å². The van der Waals surface area contributed by atoms with E-state index in [-0.39, 0.29) is 0 Å². The molecule has 0 radical (unpaired) electrons. The molecule has 2 heteroatoms. The number of hydrogen-bond donors (Lipinski definition) is 0. The summed E-state index contributed by atoms with van der Waals surface area (Å²) in [5, 5.41) is 0. The fourth-order valence-electron chi connectivity index (χ4n) is 1.56. The molecule has 58 valence electrons. The third-order valence-electron chi connectivity index (χ3n) is 2.66. The molecule has 0 aromatic heterocycles. The molecule has 0 unspecified atom stereocenters. The van der Waals surface area contributed by atoms with E-state index in [1.165, 1.54) is 19.5 Å². The lowest BCUT2D eigenvalue weighted by atomic mass is 10.0. The quantitative estimate of drug-likeness (QED) is 0.562. The highest BCUT2D eigenvalue weighted by Gasteiger charge is 2.28. The maximum absolute atomic E-state index is 5.11. The molecule has 2 aliphatic heterocycles. The van der Waals surface area contributed by atoms with E-state index in [9.17, 15) is 0 Å². The Kier molecular flexibility index (Phi) is 1.66. The minimum atomic E-state index is 0.848. The lowest BCUT2D eigenvalue weighted by Gasteiger charge is -2.42. The zero-order valence-electron chi connectivity index (χ0n) is 6.55. The first-order valence-electron chi connectivity index (χ1n) is 4.18. The van der Waals surface area contributed by atoms with E-state index in [2.05, 4.69) is 11.8 Å². The van der Waals surface area contributed by atoms with Crippen LogP contribution in [0, 0.1) is 5.92 Å². The predicted molar refractivity (Wildman–Crippen MR) is 40.0 cm³/mol. The van der Waals surface area contributed by atoms with Crippen molar-refractivity contribution in [2.75, 3.05) is 26.3 Å². The standard InChI is InChI=1S/C8H15NO/c1-7-2-3-9(7)4-8-5-10-6-8/h7-8H,2-6H2,1H3/t7-/m0/s1. The van der Waals surface area contributed by atoms with Gasteiger partial charge in [0.05, 0.1) is 13.2 Å². The first-order chi connectivity index (χ1) is 4.86. The molecule has 2 nitrogen and oxygen atoms in total. The van der Waals surface area contributed by atoms with Gasteiger partial charge in [0.2, 0.25) is 0 Å². The van der Waals surface area contributed by atoms with Crippen LogP contribution in [-0.2, 0) is 4.74 Å². The average Bonchev–Trinajstić information content (AvgIpc) is 1.82. The maximum Gasteiger partial charge on any atom is 0.0528 e. The van der Waals surface area contributed by atoms with Gasteiger partial charge in [0.25, 0.3) is 0 Å². The van der Waals surface area contributed by atoms with Crippen LogP contribution in [-0.4, -0.2) is 37.2 Å². The second kappa shape index (κ2) is 2.51. The second-order valence-corrected chi connectivity index (χ2v) is 3.54. The van der Waals surface area contributed by atoms with Crippen molar-refractivity contribution < 1.29 is 4.74 Å². The molecule has 1 atom stereocenters. The van der Waals surface area contributed by atoms with E-state index in [0.29, 0.717) is 0 Å². The Labute approximate surface area is 62.2 Å². The van der Waals surface area contributed by atoms with Crippen molar-refractivity contribution >= 4 is 0 Å². The molecule has 0 N–H and O–H groups in total. The fraction of sp³-hybridized carbons (Fsp3) is 1.00. The molecular weight excluding hydrogens is 126 g/mol. The summed E-state index contributed by atoms with van der Waals surface area (Å²) in [5.41, 5.74) is 0. The Hall–Kier alpha value is -0.0800. The summed E-state index contributed by atoms with van der Waals surface area (Å²) in [4.78, 5) is 2.55. The maximum atomic E-state index is 5.11. The van der Waals surface area contributed by atoms with Crippen molar-refractivity contribution in [2.24, 2.45) is 5.92 Å². The normalized spacial score (nSPS) is 35.1. The summed E-state index contributed by atoms with van der Waals surface area (Å²) in [7, 11) is 0. The van der Waals surface area contributed by atoms with Gasteiger partial charge in [0.15, 0.2) is 0 Å². The first kappa shape index (κ1) is 6.62. The summed E-state index contributed by atoms with van der Waals surface area (Å²) in [6.07, 6.45) is 1.40. The molecule has 2 heterocycles. The van der Waals surface area contributed by atoms with Gasteiger partial charge in [0, 0.05) is 18.5 Å². The highest BCUT2D eigenvalue weighted by atomic mass is 16.5. The van der Waals surface area contributed by atoms with Gasteiger partial charge in [0.1, 0.15) is 0 Å². The zero-order valence-corrected chi connectivity index (χ0v) is 6.55. The van der Waals surface area contributed by atoms with Crippen molar-refractivity contribution in [3.05, 3.63) is 0 Å². The van der Waals surface area contributed by atoms with Crippen LogP contribution < -0.4 is 0 Å². The molecule has 2 fully saturated rings. The van der Waals surface area contributed by atoms with Gasteiger partial charge < -0.3 is 9.64 Å². The van der Waals surface area contributed by atoms with E-state index in [0.717, 1.165) is 25.2 Å². The molecule has 2 rings (SSSR count). The van der Waals surface area contributed by atoms with Gasteiger partial charge in [-0.2, -0.15) is 0 Å². The molecule has 0 bridgehead atoms. The third-order valence-corrected chi connectivity index (χ3v) is 2.66. The van der Waals surface area contributed by atoms with Gasteiger partial charge in [-0.15, -0.1) is 0 Å². The van der Waals surface area contributed by atoms with E-state index in [4.69, 9.17) is 4.74 Å². The van der Waals surface area contributed by atoms with Crippen molar-refractivity contribution in [3.63, 3.8) is 0 Å². The van der Waals surface area contributed by atoms with Crippen molar-refractivity contribution in [2.45, 2.75) is 19.4 Å². The van der Waals surface area contributed by atoms with Crippen LogP contribution in [0.15, 0.2) is 0 Å². The van der Waals surface area contributed by atoms with Crippen LogP contribution in [0.3, 0.4) is 0 Å². The summed E-state index contributed by atoms with van der Waals surface area (Å²) < 4.78 is 5.11.